The lowest BCUT2D eigenvalue weighted by atomic mass is 10.2. The Labute approximate surface area is 118 Å². The lowest BCUT2D eigenvalue weighted by molar-refractivity contribution is 0.201. The minimum atomic E-state index is 0.00964. The van der Waals surface area contributed by atoms with E-state index < -0.39 is 0 Å². The van der Waals surface area contributed by atoms with Crippen LogP contribution >= 0.6 is 0 Å². The first-order valence-corrected chi connectivity index (χ1v) is 6.41. The van der Waals surface area contributed by atoms with Crippen molar-refractivity contribution >= 4 is 0 Å². The first-order valence-electron chi connectivity index (χ1n) is 6.41. The maximum atomic E-state index is 8.67. The fraction of sp³-hybridized carbons (Fsp3) is 0.250. The molecule has 0 aliphatic carbocycles. The molecule has 0 saturated heterocycles. The van der Waals surface area contributed by atoms with Gasteiger partial charge in [0.15, 0.2) is 0 Å². The lowest BCUT2D eigenvalue weighted by Gasteiger charge is -2.08. The van der Waals surface area contributed by atoms with Crippen LogP contribution < -0.4 is 14.2 Å². The van der Waals surface area contributed by atoms with Crippen molar-refractivity contribution < 1.29 is 19.3 Å². The summed E-state index contributed by atoms with van der Waals surface area (Å²) < 4.78 is 16.1. The van der Waals surface area contributed by atoms with Gasteiger partial charge in [-0.3, -0.25) is 0 Å². The number of aliphatic hydroxyl groups excluding tert-OH is 1. The molecule has 20 heavy (non-hydrogen) atoms. The molecule has 0 aliphatic heterocycles. The van der Waals surface area contributed by atoms with E-state index in [4.69, 9.17) is 19.3 Å². The van der Waals surface area contributed by atoms with Gasteiger partial charge in [0.1, 0.15) is 30.5 Å². The van der Waals surface area contributed by atoms with Crippen molar-refractivity contribution in [1.82, 2.24) is 0 Å². The van der Waals surface area contributed by atoms with Gasteiger partial charge < -0.3 is 19.3 Å². The molecule has 0 aliphatic rings. The molecule has 4 heteroatoms. The maximum Gasteiger partial charge on any atom is 0.120 e. The van der Waals surface area contributed by atoms with E-state index >= 15 is 0 Å². The fourth-order valence-electron chi connectivity index (χ4n) is 1.68. The fourth-order valence-corrected chi connectivity index (χ4v) is 1.68. The summed E-state index contributed by atoms with van der Waals surface area (Å²) in [5.41, 5.74) is 1.08. The number of hydrogen-bond donors (Lipinski definition) is 1. The zero-order valence-corrected chi connectivity index (χ0v) is 11.4. The molecule has 106 valence electrons. The molecule has 0 bridgehead atoms. The van der Waals surface area contributed by atoms with Crippen LogP contribution in [0.2, 0.25) is 0 Å². The van der Waals surface area contributed by atoms with E-state index in [-0.39, 0.29) is 6.61 Å². The zero-order valence-electron chi connectivity index (χ0n) is 11.4. The Morgan fingerprint density at radius 3 is 1.90 bits per heavy atom. The molecule has 0 spiro atoms. The molecule has 2 aromatic carbocycles. The third-order valence-corrected chi connectivity index (χ3v) is 2.75. The minimum absolute atomic E-state index is 0.00964. The smallest absolute Gasteiger partial charge is 0.120 e. The molecule has 0 fully saturated rings. The van der Waals surface area contributed by atoms with E-state index in [2.05, 4.69) is 0 Å². The summed E-state index contributed by atoms with van der Waals surface area (Å²) in [7, 11) is 1.64. The highest BCUT2D eigenvalue weighted by Crippen LogP contribution is 2.19. The third kappa shape index (κ3) is 4.17. The van der Waals surface area contributed by atoms with Gasteiger partial charge in [-0.05, 0) is 42.0 Å². The van der Waals surface area contributed by atoms with E-state index in [0.717, 1.165) is 22.8 Å². The standard InChI is InChI=1S/C16H18O4/c1-18-14-4-2-13(3-5-14)12-20-16-8-6-15(7-9-16)19-11-10-17/h2-9,17H,10-12H2,1H3. The van der Waals surface area contributed by atoms with Gasteiger partial charge in [0, 0.05) is 0 Å². The van der Waals surface area contributed by atoms with E-state index in [1.807, 2.05) is 48.5 Å². The van der Waals surface area contributed by atoms with Gasteiger partial charge in [-0.15, -0.1) is 0 Å². The predicted molar refractivity (Wildman–Crippen MR) is 76.3 cm³/mol. The molecule has 2 rings (SSSR count). The quantitative estimate of drug-likeness (QED) is 0.843. The summed E-state index contributed by atoms with van der Waals surface area (Å²) >= 11 is 0. The van der Waals surface area contributed by atoms with Gasteiger partial charge in [-0.2, -0.15) is 0 Å². The lowest BCUT2D eigenvalue weighted by Crippen LogP contribution is -2.01. The third-order valence-electron chi connectivity index (χ3n) is 2.75. The number of hydrogen-bond acceptors (Lipinski definition) is 4. The number of ether oxygens (including phenoxy) is 3. The van der Waals surface area contributed by atoms with Crippen LogP contribution in [-0.4, -0.2) is 25.4 Å². The highest BCUT2D eigenvalue weighted by molar-refractivity contribution is 5.32. The molecular formula is C16H18O4. The molecular weight excluding hydrogens is 256 g/mol. The SMILES string of the molecule is COc1ccc(COc2ccc(OCCO)cc2)cc1. The van der Waals surface area contributed by atoms with Crippen LogP contribution in [0.3, 0.4) is 0 Å². The van der Waals surface area contributed by atoms with Gasteiger partial charge in [0.05, 0.1) is 13.7 Å². The monoisotopic (exact) mass is 274 g/mol. The molecule has 0 atom stereocenters. The van der Waals surface area contributed by atoms with Gasteiger partial charge in [0.25, 0.3) is 0 Å². The van der Waals surface area contributed by atoms with Crippen molar-refractivity contribution in [1.29, 1.82) is 0 Å². The van der Waals surface area contributed by atoms with Crippen LogP contribution in [0.25, 0.3) is 0 Å². The zero-order chi connectivity index (χ0) is 14.2. The summed E-state index contributed by atoms with van der Waals surface area (Å²) in [6.07, 6.45) is 0. The van der Waals surface area contributed by atoms with Crippen molar-refractivity contribution in [3.05, 3.63) is 54.1 Å². The number of rotatable bonds is 7. The van der Waals surface area contributed by atoms with Crippen LogP contribution in [0, 0.1) is 0 Å². The van der Waals surface area contributed by atoms with Crippen LogP contribution in [0.5, 0.6) is 17.2 Å². The van der Waals surface area contributed by atoms with E-state index in [9.17, 15) is 0 Å². The molecule has 0 aromatic heterocycles. The first-order chi connectivity index (χ1) is 9.81. The topological polar surface area (TPSA) is 47.9 Å². The van der Waals surface area contributed by atoms with Crippen molar-refractivity contribution in [3.8, 4) is 17.2 Å². The maximum absolute atomic E-state index is 8.67. The Balaban J connectivity index is 1.86. The van der Waals surface area contributed by atoms with Crippen molar-refractivity contribution in [2.75, 3.05) is 20.3 Å². The van der Waals surface area contributed by atoms with Gasteiger partial charge >= 0.3 is 0 Å². The van der Waals surface area contributed by atoms with Crippen LogP contribution in [0.1, 0.15) is 5.56 Å². The van der Waals surface area contributed by atoms with Gasteiger partial charge in [-0.25, -0.2) is 0 Å². The Morgan fingerprint density at radius 1 is 0.800 bits per heavy atom. The highest BCUT2D eigenvalue weighted by Gasteiger charge is 1.98. The Hall–Kier alpha value is -2.20. The average molecular weight is 274 g/mol. The number of benzene rings is 2. The molecule has 4 nitrogen and oxygen atoms in total. The number of methoxy groups -OCH3 is 1. The van der Waals surface area contributed by atoms with E-state index in [1.54, 1.807) is 7.11 Å². The molecule has 0 unspecified atom stereocenters. The summed E-state index contributed by atoms with van der Waals surface area (Å²) in [5, 5.41) is 8.67. The van der Waals surface area contributed by atoms with E-state index in [0.29, 0.717) is 13.2 Å². The summed E-state index contributed by atoms with van der Waals surface area (Å²) in [6, 6.07) is 15.1. The molecule has 1 N–H and O–H groups in total. The van der Waals surface area contributed by atoms with Crippen molar-refractivity contribution in [2.45, 2.75) is 6.61 Å². The molecule has 0 heterocycles. The van der Waals surface area contributed by atoms with Gasteiger partial charge in [-0.1, -0.05) is 12.1 Å². The normalized spacial score (nSPS) is 10.1. The molecule has 2 aromatic rings. The number of aliphatic hydroxyl groups is 1. The minimum Gasteiger partial charge on any atom is -0.497 e. The van der Waals surface area contributed by atoms with Crippen LogP contribution in [0.15, 0.2) is 48.5 Å². The molecule has 0 amide bonds. The summed E-state index contributed by atoms with van der Waals surface area (Å²) in [5.74, 6) is 2.33. The molecule has 0 radical (unpaired) electrons. The second-order valence-corrected chi connectivity index (χ2v) is 4.18. The second-order valence-electron chi connectivity index (χ2n) is 4.18. The second kappa shape index (κ2) is 7.40. The van der Waals surface area contributed by atoms with Crippen LogP contribution in [0.4, 0.5) is 0 Å². The van der Waals surface area contributed by atoms with Crippen LogP contribution in [-0.2, 0) is 6.61 Å². The predicted octanol–water partition coefficient (Wildman–Crippen LogP) is 2.65. The van der Waals surface area contributed by atoms with E-state index in [1.165, 1.54) is 0 Å². The van der Waals surface area contributed by atoms with Crippen molar-refractivity contribution in [2.24, 2.45) is 0 Å². The molecule has 0 saturated carbocycles. The Bertz CT molecular complexity index is 505. The summed E-state index contributed by atoms with van der Waals surface area (Å²) in [6.45, 7) is 0.808. The van der Waals surface area contributed by atoms with Gasteiger partial charge in [0.2, 0.25) is 0 Å². The summed E-state index contributed by atoms with van der Waals surface area (Å²) in [4.78, 5) is 0. The Kier molecular flexibility index (Phi) is 5.26. The largest absolute Gasteiger partial charge is 0.497 e. The first kappa shape index (κ1) is 14.2. The highest BCUT2D eigenvalue weighted by atomic mass is 16.5. The van der Waals surface area contributed by atoms with Crippen molar-refractivity contribution in [3.63, 3.8) is 0 Å². The Morgan fingerprint density at radius 2 is 1.35 bits per heavy atom. The average Bonchev–Trinajstić information content (AvgIpc) is 2.52.